The molecule has 14 heteroatoms. The largest absolute Gasteiger partial charge is 0.478 e. The first-order valence-electron chi connectivity index (χ1n) is 15.5. The lowest BCUT2D eigenvalue weighted by atomic mass is 10.2. The van der Waals surface area contributed by atoms with Crippen molar-refractivity contribution in [3.63, 3.8) is 0 Å². The minimum atomic E-state index is -1.26. The van der Waals surface area contributed by atoms with Crippen LogP contribution in [0.15, 0.2) is 108 Å². The summed E-state index contributed by atoms with van der Waals surface area (Å²) in [5.41, 5.74) is 3.30. The monoisotopic (exact) mass is 686 g/mol. The van der Waals surface area contributed by atoms with E-state index < -0.39 is 23.9 Å². The van der Waals surface area contributed by atoms with Gasteiger partial charge in [0.25, 0.3) is 0 Å². The van der Waals surface area contributed by atoms with Gasteiger partial charge in [-0.3, -0.25) is 14.6 Å². The van der Waals surface area contributed by atoms with Crippen molar-refractivity contribution in [3.05, 3.63) is 121 Å². The van der Waals surface area contributed by atoms with Crippen molar-refractivity contribution in [2.24, 2.45) is 0 Å². The number of carboxylic acid groups (broad SMARTS) is 4. The highest BCUT2D eigenvalue weighted by molar-refractivity contribution is 5.93. The van der Waals surface area contributed by atoms with Crippen LogP contribution in [0, 0.1) is 0 Å². The molecule has 1 aliphatic heterocycles. The second-order valence-electron chi connectivity index (χ2n) is 10.7. The molecule has 0 amide bonds. The number of rotatable bonds is 13. The molecule has 0 unspecified atom stereocenters. The summed E-state index contributed by atoms with van der Waals surface area (Å²) in [5.74, 6) is -3.57. The van der Waals surface area contributed by atoms with Gasteiger partial charge in [0.05, 0.1) is 23.8 Å². The number of ketones is 1. The van der Waals surface area contributed by atoms with Gasteiger partial charge in [0, 0.05) is 70.0 Å². The fraction of sp³-hybridized carbons (Fsp3) is 0.222. The molecular formula is C36H38N4O10. The number of furan rings is 1. The Balaban J connectivity index is 0.000000352. The summed E-state index contributed by atoms with van der Waals surface area (Å²) in [6.45, 7) is 6.45. The van der Waals surface area contributed by atoms with Gasteiger partial charge in [0.15, 0.2) is 11.5 Å². The second kappa shape index (κ2) is 20.3. The van der Waals surface area contributed by atoms with Crippen molar-refractivity contribution in [2.75, 3.05) is 32.7 Å². The molecule has 4 aromatic rings. The topological polar surface area (TPSA) is 204 Å². The van der Waals surface area contributed by atoms with E-state index in [2.05, 4.69) is 56.9 Å². The molecule has 2 aromatic heterocycles. The van der Waals surface area contributed by atoms with Crippen LogP contribution in [0.2, 0.25) is 0 Å². The Labute approximate surface area is 287 Å². The van der Waals surface area contributed by atoms with Gasteiger partial charge in [-0.25, -0.2) is 24.2 Å². The number of benzene rings is 2. The number of nitrogens with zero attached hydrogens (tertiary/aromatic N) is 4. The number of carbonyl (C=O) groups is 5. The maximum absolute atomic E-state index is 12.5. The zero-order chi connectivity index (χ0) is 36.3. The number of hydrogen-bond donors (Lipinski definition) is 4. The molecule has 4 N–H and O–H groups in total. The number of aliphatic carboxylic acids is 4. The summed E-state index contributed by atoms with van der Waals surface area (Å²) >= 11 is 0. The van der Waals surface area contributed by atoms with E-state index in [0.29, 0.717) is 43.0 Å². The van der Waals surface area contributed by atoms with Crippen LogP contribution in [-0.4, -0.2) is 102 Å². The predicted molar refractivity (Wildman–Crippen MR) is 183 cm³/mol. The maximum atomic E-state index is 12.5. The highest BCUT2D eigenvalue weighted by atomic mass is 16.4. The number of Topliss-reactive ketones (excluding diaryl/α,β-unsaturated/α-hetero) is 1. The summed E-state index contributed by atoms with van der Waals surface area (Å²) in [6, 6.07) is 22.1. The maximum Gasteiger partial charge on any atom is 0.328 e. The molecule has 14 nitrogen and oxygen atoms in total. The van der Waals surface area contributed by atoms with Crippen LogP contribution in [0.25, 0.3) is 17.1 Å². The molecule has 0 aliphatic carbocycles. The van der Waals surface area contributed by atoms with Crippen molar-refractivity contribution in [1.29, 1.82) is 0 Å². The Kier molecular flexibility index (Phi) is 15.6. The number of para-hydroxylation sites is 2. The molecule has 3 heterocycles. The van der Waals surface area contributed by atoms with Crippen LogP contribution in [0.4, 0.5) is 0 Å². The van der Waals surface area contributed by atoms with E-state index in [1.807, 2.05) is 24.3 Å². The fourth-order valence-electron chi connectivity index (χ4n) is 4.79. The third-order valence-corrected chi connectivity index (χ3v) is 7.13. The van der Waals surface area contributed by atoms with Crippen molar-refractivity contribution >= 4 is 46.8 Å². The Morgan fingerprint density at radius 2 is 1.26 bits per heavy atom. The van der Waals surface area contributed by atoms with Gasteiger partial charge in [0.2, 0.25) is 0 Å². The van der Waals surface area contributed by atoms with E-state index >= 15 is 0 Å². The van der Waals surface area contributed by atoms with Crippen LogP contribution < -0.4 is 0 Å². The van der Waals surface area contributed by atoms with Crippen molar-refractivity contribution in [1.82, 2.24) is 19.4 Å². The van der Waals surface area contributed by atoms with E-state index in [1.165, 1.54) is 5.56 Å². The molecule has 1 aliphatic rings. The Bertz CT molecular complexity index is 1740. The van der Waals surface area contributed by atoms with Crippen LogP contribution in [0.5, 0.6) is 0 Å². The average Bonchev–Trinajstić information content (AvgIpc) is 3.76. The van der Waals surface area contributed by atoms with Gasteiger partial charge in [-0.15, -0.1) is 0 Å². The second-order valence-corrected chi connectivity index (χ2v) is 10.7. The van der Waals surface area contributed by atoms with Crippen molar-refractivity contribution < 1.29 is 48.8 Å². The minimum Gasteiger partial charge on any atom is -0.478 e. The van der Waals surface area contributed by atoms with E-state index in [0.717, 1.165) is 56.1 Å². The highest BCUT2D eigenvalue weighted by Gasteiger charge is 2.20. The van der Waals surface area contributed by atoms with Gasteiger partial charge in [-0.2, -0.15) is 0 Å². The van der Waals surface area contributed by atoms with Gasteiger partial charge >= 0.3 is 23.9 Å². The van der Waals surface area contributed by atoms with E-state index in [1.54, 1.807) is 18.4 Å². The molecule has 0 bridgehead atoms. The smallest absolute Gasteiger partial charge is 0.328 e. The minimum absolute atomic E-state index is 0.0194. The lowest BCUT2D eigenvalue weighted by molar-refractivity contribution is -0.134. The lowest BCUT2D eigenvalue weighted by Crippen LogP contribution is -2.46. The molecular weight excluding hydrogens is 648 g/mol. The Hall–Kier alpha value is -6.12. The Morgan fingerprint density at radius 3 is 1.82 bits per heavy atom. The number of piperazine rings is 1. The molecule has 0 saturated carbocycles. The van der Waals surface area contributed by atoms with Crippen LogP contribution >= 0.6 is 0 Å². The van der Waals surface area contributed by atoms with Crippen LogP contribution in [-0.2, 0) is 32.3 Å². The lowest BCUT2D eigenvalue weighted by Gasteiger charge is -2.34. The normalized spacial score (nSPS) is 13.5. The SMILES string of the molecule is O=C(CCn1c(CN2CCN(CC=Cc3ccccc3)CC2)nc2ccccc21)c1ccco1.O=C(O)C=CC(=O)O.O=C(O)C=CC(=O)O. The molecule has 1 fully saturated rings. The third-order valence-electron chi connectivity index (χ3n) is 7.13. The van der Waals surface area contributed by atoms with E-state index in [-0.39, 0.29) is 5.78 Å². The fourth-order valence-corrected chi connectivity index (χ4v) is 4.79. The van der Waals surface area contributed by atoms with E-state index in [9.17, 15) is 24.0 Å². The zero-order valence-corrected chi connectivity index (χ0v) is 27.1. The predicted octanol–water partition coefficient (Wildman–Crippen LogP) is 4.16. The molecule has 0 radical (unpaired) electrons. The summed E-state index contributed by atoms with van der Waals surface area (Å²) < 4.78 is 7.47. The van der Waals surface area contributed by atoms with Crippen molar-refractivity contribution in [2.45, 2.75) is 19.5 Å². The highest BCUT2D eigenvalue weighted by Crippen LogP contribution is 2.19. The molecule has 0 spiro atoms. The summed E-state index contributed by atoms with van der Waals surface area (Å²) in [7, 11) is 0. The molecule has 0 atom stereocenters. The molecule has 50 heavy (non-hydrogen) atoms. The number of carbonyl (C=O) groups excluding carboxylic acids is 1. The zero-order valence-electron chi connectivity index (χ0n) is 27.1. The number of imidazole rings is 1. The van der Waals surface area contributed by atoms with Gasteiger partial charge < -0.3 is 29.4 Å². The number of aryl methyl sites for hydroxylation is 1. The summed E-state index contributed by atoms with van der Waals surface area (Å²) in [6.07, 6.45) is 8.61. The quantitative estimate of drug-likeness (QED) is 0.115. The van der Waals surface area contributed by atoms with Crippen LogP contribution in [0.1, 0.15) is 28.4 Å². The molecule has 262 valence electrons. The first-order valence-corrected chi connectivity index (χ1v) is 15.5. The number of hydrogen-bond acceptors (Lipinski definition) is 9. The molecule has 5 rings (SSSR count). The Morgan fingerprint density at radius 1 is 0.700 bits per heavy atom. The van der Waals surface area contributed by atoms with E-state index in [4.69, 9.17) is 29.8 Å². The number of aromatic nitrogens is 2. The number of fused-ring (bicyclic) bond motifs is 1. The molecule has 2 aromatic carbocycles. The van der Waals surface area contributed by atoms with Crippen LogP contribution in [0.3, 0.4) is 0 Å². The molecule has 1 saturated heterocycles. The first kappa shape index (κ1) is 38.3. The third kappa shape index (κ3) is 13.9. The van der Waals surface area contributed by atoms with Gasteiger partial charge in [0.1, 0.15) is 5.82 Å². The standard InChI is InChI=1S/C28H30N4O2.2C4H4O4/c33-26(27-13-7-21-34-27)14-16-32-25-12-5-4-11-24(25)29-28(32)22-31-19-17-30(18-20-31)15-6-10-23-8-2-1-3-9-23;2*5-3(6)1-2-4(7)8/h1-13,21H,14-20,22H2;2*1-2H,(H,5,6)(H,7,8). The van der Waals surface area contributed by atoms with Gasteiger partial charge in [-0.05, 0) is 29.8 Å². The summed E-state index contributed by atoms with van der Waals surface area (Å²) in [5, 5.41) is 31.2. The van der Waals surface area contributed by atoms with Gasteiger partial charge in [-0.1, -0.05) is 54.6 Å². The number of carboxylic acids is 4. The van der Waals surface area contributed by atoms with Crippen molar-refractivity contribution in [3.8, 4) is 0 Å². The average molecular weight is 687 g/mol. The first-order chi connectivity index (χ1) is 24.0. The summed E-state index contributed by atoms with van der Waals surface area (Å²) in [4.78, 5) is 60.6.